The highest BCUT2D eigenvalue weighted by Crippen LogP contribution is 2.24. The predicted octanol–water partition coefficient (Wildman–Crippen LogP) is 3.19. The molecule has 0 unspecified atom stereocenters. The molecule has 118 valence electrons. The second kappa shape index (κ2) is 6.35. The van der Waals surface area contributed by atoms with E-state index < -0.39 is 24.5 Å². The van der Waals surface area contributed by atoms with Gasteiger partial charge in [0.15, 0.2) is 5.82 Å². The van der Waals surface area contributed by atoms with Crippen molar-refractivity contribution >= 4 is 17.5 Å². The van der Waals surface area contributed by atoms with Gasteiger partial charge < -0.3 is 9.84 Å². The van der Waals surface area contributed by atoms with Crippen LogP contribution >= 0.6 is 11.6 Å². The first-order valence-electron chi connectivity index (χ1n) is 6.16. The predicted molar refractivity (Wildman–Crippen MR) is 71.1 cm³/mol. The lowest BCUT2D eigenvalue weighted by Crippen LogP contribution is -2.33. The van der Waals surface area contributed by atoms with Crippen molar-refractivity contribution in [3.8, 4) is 0 Å². The van der Waals surface area contributed by atoms with Crippen molar-refractivity contribution in [3.63, 3.8) is 0 Å². The number of amides is 1. The molecule has 22 heavy (non-hydrogen) atoms. The van der Waals surface area contributed by atoms with Crippen molar-refractivity contribution in [1.82, 2.24) is 15.5 Å². The zero-order chi connectivity index (χ0) is 16.3. The number of aromatic nitrogens is 2. The van der Waals surface area contributed by atoms with Gasteiger partial charge in [0.2, 0.25) is 11.8 Å². The molecule has 1 aromatic carbocycles. The fourth-order valence-electron chi connectivity index (χ4n) is 1.78. The van der Waals surface area contributed by atoms with E-state index in [2.05, 4.69) is 15.5 Å². The topological polar surface area (TPSA) is 68.0 Å². The number of alkyl halides is 3. The van der Waals surface area contributed by atoms with Crippen LogP contribution in [0.1, 0.15) is 29.7 Å². The third kappa shape index (κ3) is 4.45. The number of hydrogen-bond acceptors (Lipinski definition) is 4. The van der Waals surface area contributed by atoms with E-state index in [9.17, 15) is 18.0 Å². The van der Waals surface area contributed by atoms with Crippen molar-refractivity contribution in [2.75, 3.05) is 0 Å². The minimum Gasteiger partial charge on any atom is -0.342 e. The van der Waals surface area contributed by atoms with Crippen LogP contribution < -0.4 is 5.32 Å². The van der Waals surface area contributed by atoms with Gasteiger partial charge >= 0.3 is 6.18 Å². The van der Waals surface area contributed by atoms with Gasteiger partial charge in [0.05, 0.1) is 0 Å². The molecular weight excluding hydrogens is 323 g/mol. The second-order valence-corrected chi connectivity index (χ2v) is 4.95. The van der Waals surface area contributed by atoms with Crippen LogP contribution in [0.3, 0.4) is 0 Å². The number of benzene rings is 1. The van der Waals surface area contributed by atoms with E-state index >= 15 is 0 Å². The average Bonchev–Trinajstić information content (AvgIpc) is 2.81. The van der Waals surface area contributed by atoms with Crippen LogP contribution in [0.5, 0.6) is 0 Å². The van der Waals surface area contributed by atoms with Crippen LogP contribution in [0.4, 0.5) is 13.2 Å². The maximum Gasteiger partial charge on any atom is 0.397 e. The van der Waals surface area contributed by atoms with Crippen molar-refractivity contribution in [2.45, 2.75) is 25.6 Å². The van der Waals surface area contributed by atoms with Crippen molar-refractivity contribution in [2.24, 2.45) is 0 Å². The number of carbonyl (C=O) groups is 1. The van der Waals surface area contributed by atoms with E-state index in [-0.39, 0.29) is 11.7 Å². The van der Waals surface area contributed by atoms with E-state index in [1.807, 2.05) is 0 Å². The Morgan fingerprint density at radius 3 is 2.50 bits per heavy atom. The Bertz CT molecular complexity index is 655. The molecule has 1 heterocycles. The fourth-order valence-corrected chi connectivity index (χ4v) is 1.90. The van der Waals surface area contributed by atoms with Gasteiger partial charge in [0, 0.05) is 11.9 Å². The molecule has 0 saturated carbocycles. The Balaban J connectivity index is 2.26. The van der Waals surface area contributed by atoms with Crippen LogP contribution in [0.15, 0.2) is 28.8 Å². The normalized spacial score (nSPS) is 13.0. The number of halogens is 4. The van der Waals surface area contributed by atoms with Gasteiger partial charge in [-0.2, -0.15) is 18.2 Å². The molecule has 0 saturated heterocycles. The van der Waals surface area contributed by atoms with Gasteiger partial charge in [-0.05, 0) is 17.7 Å². The Hall–Kier alpha value is -2.09. The van der Waals surface area contributed by atoms with Crippen molar-refractivity contribution < 1.29 is 22.5 Å². The summed E-state index contributed by atoms with van der Waals surface area (Å²) in [7, 11) is 0. The SMILES string of the molecule is Cc1nc([C@@H](NC(=O)CC(F)(F)F)c2ccc(Cl)cc2)no1. The summed E-state index contributed by atoms with van der Waals surface area (Å²) in [4.78, 5) is 15.5. The number of carbonyl (C=O) groups excluding carboxylic acids is 1. The number of nitrogens with zero attached hydrogens (tertiary/aromatic N) is 2. The molecule has 1 N–H and O–H groups in total. The monoisotopic (exact) mass is 333 g/mol. The first-order chi connectivity index (χ1) is 10.2. The largest absolute Gasteiger partial charge is 0.397 e. The molecule has 5 nitrogen and oxygen atoms in total. The van der Waals surface area contributed by atoms with Crippen LogP contribution in [-0.4, -0.2) is 22.2 Å². The van der Waals surface area contributed by atoms with Gasteiger partial charge in [0.25, 0.3) is 0 Å². The van der Waals surface area contributed by atoms with Crippen molar-refractivity contribution in [3.05, 3.63) is 46.6 Å². The van der Waals surface area contributed by atoms with Crippen LogP contribution in [0.2, 0.25) is 5.02 Å². The van der Waals surface area contributed by atoms with Gasteiger partial charge in [0.1, 0.15) is 12.5 Å². The quantitative estimate of drug-likeness (QED) is 0.933. The molecular formula is C13H11ClF3N3O2. The maximum atomic E-state index is 12.3. The first kappa shape index (κ1) is 16.3. The maximum absolute atomic E-state index is 12.3. The van der Waals surface area contributed by atoms with Crippen LogP contribution in [0.25, 0.3) is 0 Å². The van der Waals surface area contributed by atoms with Gasteiger partial charge in [-0.1, -0.05) is 28.9 Å². The Labute approximate surface area is 128 Å². The molecule has 2 aromatic rings. The summed E-state index contributed by atoms with van der Waals surface area (Å²) in [5, 5.41) is 6.35. The first-order valence-corrected chi connectivity index (χ1v) is 6.54. The molecule has 9 heteroatoms. The molecule has 0 fully saturated rings. The molecule has 0 aliphatic rings. The van der Waals surface area contributed by atoms with Crippen LogP contribution in [-0.2, 0) is 4.79 Å². The standard InChI is InChI=1S/C13H11ClF3N3O2/c1-7-18-12(20-22-7)11(8-2-4-9(14)5-3-8)19-10(21)6-13(15,16)17/h2-5,11H,6H2,1H3,(H,19,21)/t11-/m0/s1. The third-order valence-electron chi connectivity index (χ3n) is 2.67. The molecule has 1 amide bonds. The lowest BCUT2D eigenvalue weighted by Gasteiger charge is -2.16. The molecule has 0 aliphatic heterocycles. The lowest BCUT2D eigenvalue weighted by atomic mass is 10.1. The summed E-state index contributed by atoms with van der Waals surface area (Å²) in [5.74, 6) is -0.885. The summed E-state index contributed by atoms with van der Waals surface area (Å²) in [6.07, 6.45) is -6.18. The summed E-state index contributed by atoms with van der Waals surface area (Å²) >= 11 is 5.77. The minimum atomic E-state index is -4.60. The van der Waals surface area contributed by atoms with E-state index in [4.69, 9.17) is 16.1 Å². The molecule has 0 radical (unpaired) electrons. The average molecular weight is 334 g/mol. The summed E-state index contributed by atoms with van der Waals surface area (Å²) < 4.78 is 41.7. The highest BCUT2D eigenvalue weighted by atomic mass is 35.5. The fraction of sp³-hybridized carbons (Fsp3) is 0.308. The number of hydrogen-bond donors (Lipinski definition) is 1. The zero-order valence-electron chi connectivity index (χ0n) is 11.3. The Kier molecular flexibility index (Phi) is 4.70. The molecule has 0 spiro atoms. The van der Waals surface area contributed by atoms with E-state index in [1.165, 1.54) is 6.92 Å². The van der Waals surface area contributed by atoms with Crippen molar-refractivity contribution in [1.29, 1.82) is 0 Å². The van der Waals surface area contributed by atoms with Gasteiger partial charge in [-0.15, -0.1) is 0 Å². The van der Waals surface area contributed by atoms with Crippen LogP contribution in [0, 0.1) is 6.92 Å². The third-order valence-corrected chi connectivity index (χ3v) is 2.92. The lowest BCUT2D eigenvalue weighted by molar-refractivity contribution is -0.154. The van der Waals surface area contributed by atoms with E-state index in [0.29, 0.717) is 10.6 Å². The smallest absolute Gasteiger partial charge is 0.342 e. The molecule has 1 aromatic heterocycles. The number of aryl methyl sites for hydroxylation is 1. The summed E-state index contributed by atoms with van der Waals surface area (Å²) in [6, 6.07) is 5.27. The highest BCUT2D eigenvalue weighted by Gasteiger charge is 2.33. The number of nitrogens with one attached hydrogen (secondary N) is 1. The number of rotatable bonds is 4. The summed E-state index contributed by atoms with van der Waals surface area (Å²) in [6.45, 7) is 1.53. The Morgan fingerprint density at radius 1 is 1.36 bits per heavy atom. The minimum absolute atomic E-state index is 0.0651. The molecule has 0 bridgehead atoms. The highest BCUT2D eigenvalue weighted by molar-refractivity contribution is 6.30. The van der Waals surface area contributed by atoms with Gasteiger partial charge in [-0.3, -0.25) is 4.79 Å². The Morgan fingerprint density at radius 2 is 2.00 bits per heavy atom. The van der Waals surface area contributed by atoms with E-state index in [0.717, 1.165) is 0 Å². The molecule has 2 rings (SSSR count). The molecule has 1 atom stereocenters. The second-order valence-electron chi connectivity index (χ2n) is 4.52. The van der Waals surface area contributed by atoms with E-state index in [1.54, 1.807) is 24.3 Å². The zero-order valence-corrected chi connectivity index (χ0v) is 12.1. The molecule has 0 aliphatic carbocycles. The van der Waals surface area contributed by atoms with Gasteiger partial charge in [-0.25, -0.2) is 0 Å². The summed E-state index contributed by atoms with van der Waals surface area (Å²) in [5.41, 5.74) is 0.487.